The maximum absolute atomic E-state index is 12.8. The van der Waals surface area contributed by atoms with Crippen LogP contribution in [0.5, 0.6) is 0 Å². The summed E-state index contributed by atoms with van der Waals surface area (Å²) in [6.45, 7) is 4.16. The van der Waals surface area contributed by atoms with Gasteiger partial charge in [-0.2, -0.15) is 0 Å². The summed E-state index contributed by atoms with van der Waals surface area (Å²) in [6.07, 6.45) is -0.861. The van der Waals surface area contributed by atoms with E-state index in [1.165, 1.54) is 24.3 Å². The molecule has 2 aromatic carbocycles. The molecule has 0 aliphatic rings. The Morgan fingerprint density at radius 1 is 1.13 bits per heavy atom. The van der Waals surface area contributed by atoms with Gasteiger partial charge in [0.1, 0.15) is 5.82 Å². The summed E-state index contributed by atoms with van der Waals surface area (Å²) < 4.78 is 12.8. The van der Waals surface area contributed by atoms with E-state index in [4.69, 9.17) is 0 Å². The van der Waals surface area contributed by atoms with Crippen molar-refractivity contribution in [1.82, 2.24) is 5.32 Å². The third kappa shape index (κ3) is 4.79. The molecule has 0 saturated heterocycles. The van der Waals surface area contributed by atoms with Gasteiger partial charge in [0.2, 0.25) is 5.91 Å². The molecule has 4 nitrogen and oxygen atoms in total. The lowest BCUT2D eigenvalue weighted by molar-refractivity contribution is -0.119. The van der Waals surface area contributed by atoms with Gasteiger partial charge in [0.25, 0.3) is 0 Å². The fourth-order valence-corrected chi connectivity index (χ4v) is 2.34. The number of carbonyl (C=O) groups is 1. The highest BCUT2D eigenvalue weighted by Gasteiger charge is 2.10. The first-order valence-corrected chi connectivity index (χ1v) is 7.47. The van der Waals surface area contributed by atoms with Crippen LogP contribution >= 0.6 is 0 Å². The minimum atomic E-state index is -0.861. The fourth-order valence-electron chi connectivity index (χ4n) is 2.34. The summed E-state index contributed by atoms with van der Waals surface area (Å²) >= 11 is 0. The van der Waals surface area contributed by atoms with Crippen molar-refractivity contribution >= 4 is 11.6 Å². The monoisotopic (exact) mass is 316 g/mol. The molecule has 0 heterocycles. The van der Waals surface area contributed by atoms with E-state index in [0.717, 1.165) is 16.8 Å². The lowest BCUT2D eigenvalue weighted by Gasteiger charge is -2.14. The van der Waals surface area contributed by atoms with Crippen LogP contribution in [0.4, 0.5) is 10.1 Å². The molecule has 122 valence electrons. The maximum atomic E-state index is 12.8. The molecular weight excluding hydrogens is 295 g/mol. The van der Waals surface area contributed by atoms with Crippen molar-refractivity contribution < 1.29 is 14.3 Å². The topological polar surface area (TPSA) is 61.4 Å². The second kappa shape index (κ2) is 7.74. The zero-order valence-corrected chi connectivity index (χ0v) is 13.3. The number of amides is 1. The molecule has 0 aliphatic carbocycles. The number of rotatable bonds is 6. The number of nitrogens with one attached hydrogen (secondary N) is 2. The van der Waals surface area contributed by atoms with Crippen molar-refractivity contribution in [3.8, 4) is 0 Å². The molecule has 0 unspecified atom stereocenters. The number of aliphatic hydroxyl groups is 1. The number of halogens is 1. The number of hydrogen-bond donors (Lipinski definition) is 3. The molecule has 0 fully saturated rings. The van der Waals surface area contributed by atoms with Crippen molar-refractivity contribution in [3.63, 3.8) is 0 Å². The Kier molecular flexibility index (Phi) is 5.71. The van der Waals surface area contributed by atoms with Gasteiger partial charge in [-0.05, 0) is 42.7 Å². The Bertz CT molecular complexity index is 651. The normalized spacial score (nSPS) is 11.8. The van der Waals surface area contributed by atoms with E-state index >= 15 is 0 Å². The van der Waals surface area contributed by atoms with Gasteiger partial charge < -0.3 is 15.7 Å². The molecular formula is C18H21FN2O2. The molecule has 0 spiro atoms. The van der Waals surface area contributed by atoms with E-state index in [9.17, 15) is 14.3 Å². The quantitative estimate of drug-likeness (QED) is 0.768. The zero-order valence-electron chi connectivity index (χ0n) is 13.3. The van der Waals surface area contributed by atoms with Gasteiger partial charge in [-0.1, -0.05) is 30.3 Å². The van der Waals surface area contributed by atoms with Crippen LogP contribution in [0.25, 0.3) is 0 Å². The van der Waals surface area contributed by atoms with Crippen LogP contribution in [0.15, 0.2) is 42.5 Å². The molecule has 2 aromatic rings. The fraction of sp³-hybridized carbons (Fsp3) is 0.278. The number of para-hydroxylation sites is 1. The average Bonchev–Trinajstić information content (AvgIpc) is 2.53. The highest BCUT2D eigenvalue weighted by atomic mass is 19.1. The third-order valence-corrected chi connectivity index (χ3v) is 3.65. The summed E-state index contributed by atoms with van der Waals surface area (Å²) in [6, 6.07) is 11.5. The summed E-state index contributed by atoms with van der Waals surface area (Å²) in [5.74, 6) is -0.573. The van der Waals surface area contributed by atoms with Crippen molar-refractivity contribution in [2.24, 2.45) is 0 Å². The van der Waals surface area contributed by atoms with Crippen LogP contribution in [-0.2, 0) is 4.79 Å². The molecule has 0 radical (unpaired) electrons. The average molecular weight is 316 g/mol. The number of hydrogen-bond acceptors (Lipinski definition) is 3. The summed E-state index contributed by atoms with van der Waals surface area (Å²) in [7, 11) is 0. The summed E-state index contributed by atoms with van der Waals surface area (Å²) in [5, 5.41) is 15.7. The smallest absolute Gasteiger partial charge is 0.239 e. The minimum absolute atomic E-state index is 0.0822. The lowest BCUT2D eigenvalue weighted by atomic mass is 10.1. The number of aliphatic hydroxyl groups excluding tert-OH is 1. The molecule has 1 amide bonds. The predicted molar refractivity (Wildman–Crippen MR) is 88.8 cm³/mol. The molecule has 2 rings (SSSR count). The van der Waals surface area contributed by atoms with E-state index in [-0.39, 0.29) is 24.8 Å². The molecule has 1 atom stereocenters. The molecule has 0 saturated carbocycles. The standard InChI is InChI=1S/C18H21FN2O2/c1-12-4-3-5-13(2)18(12)21-11-17(23)20-10-16(22)14-6-8-15(19)9-7-14/h3-9,16,21-22H,10-11H2,1-2H3,(H,20,23)/t16-/m1/s1. The van der Waals surface area contributed by atoms with E-state index in [1.807, 2.05) is 32.0 Å². The predicted octanol–water partition coefficient (Wildman–Crippen LogP) is 2.70. The van der Waals surface area contributed by atoms with Crippen LogP contribution in [-0.4, -0.2) is 24.1 Å². The Balaban J connectivity index is 1.82. The van der Waals surface area contributed by atoms with Gasteiger partial charge in [-0.25, -0.2) is 4.39 Å². The van der Waals surface area contributed by atoms with Crippen LogP contribution in [0.3, 0.4) is 0 Å². The SMILES string of the molecule is Cc1cccc(C)c1NCC(=O)NC[C@@H](O)c1ccc(F)cc1. The van der Waals surface area contributed by atoms with Gasteiger partial charge in [-0.3, -0.25) is 4.79 Å². The Morgan fingerprint density at radius 3 is 2.35 bits per heavy atom. The third-order valence-electron chi connectivity index (χ3n) is 3.65. The van der Waals surface area contributed by atoms with E-state index in [0.29, 0.717) is 5.56 Å². The number of benzene rings is 2. The van der Waals surface area contributed by atoms with Gasteiger partial charge in [0.15, 0.2) is 0 Å². The first-order valence-electron chi connectivity index (χ1n) is 7.47. The van der Waals surface area contributed by atoms with Gasteiger partial charge >= 0.3 is 0 Å². The molecule has 5 heteroatoms. The van der Waals surface area contributed by atoms with Crippen LogP contribution in [0, 0.1) is 19.7 Å². The lowest BCUT2D eigenvalue weighted by Crippen LogP contribution is -2.33. The van der Waals surface area contributed by atoms with Crippen LogP contribution < -0.4 is 10.6 Å². The molecule has 0 aliphatic heterocycles. The number of aryl methyl sites for hydroxylation is 2. The largest absolute Gasteiger partial charge is 0.387 e. The Morgan fingerprint density at radius 2 is 1.74 bits per heavy atom. The van der Waals surface area contributed by atoms with E-state index in [1.54, 1.807) is 0 Å². The molecule has 0 aromatic heterocycles. The second-order valence-corrected chi connectivity index (χ2v) is 5.49. The summed E-state index contributed by atoms with van der Waals surface area (Å²) in [4.78, 5) is 11.9. The highest BCUT2D eigenvalue weighted by Crippen LogP contribution is 2.18. The zero-order chi connectivity index (χ0) is 16.8. The van der Waals surface area contributed by atoms with Gasteiger partial charge in [-0.15, -0.1) is 0 Å². The number of carbonyl (C=O) groups excluding carboxylic acids is 1. The van der Waals surface area contributed by atoms with Gasteiger partial charge in [0, 0.05) is 12.2 Å². The first-order chi connectivity index (χ1) is 11.0. The van der Waals surface area contributed by atoms with Crippen molar-refractivity contribution in [1.29, 1.82) is 0 Å². The Labute approximate surface area is 135 Å². The Hall–Kier alpha value is -2.40. The van der Waals surface area contributed by atoms with Crippen LogP contribution in [0.2, 0.25) is 0 Å². The van der Waals surface area contributed by atoms with Crippen molar-refractivity contribution in [2.75, 3.05) is 18.4 Å². The molecule has 23 heavy (non-hydrogen) atoms. The highest BCUT2D eigenvalue weighted by molar-refractivity contribution is 5.81. The second-order valence-electron chi connectivity index (χ2n) is 5.49. The van der Waals surface area contributed by atoms with Crippen molar-refractivity contribution in [3.05, 3.63) is 65.0 Å². The first kappa shape index (κ1) is 17.0. The molecule has 3 N–H and O–H groups in total. The van der Waals surface area contributed by atoms with Gasteiger partial charge in [0.05, 0.1) is 12.6 Å². The van der Waals surface area contributed by atoms with Crippen LogP contribution in [0.1, 0.15) is 22.8 Å². The van der Waals surface area contributed by atoms with Crippen molar-refractivity contribution in [2.45, 2.75) is 20.0 Å². The maximum Gasteiger partial charge on any atom is 0.239 e. The number of anilines is 1. The minimum Gasteiger partial charge on any atom is -0.387 e. The summed E-state index contributed by atoms with van der Waals surface area (Å²) in [5.41, 5.74) is 3.66. The van der Waals surface area contributed by atoms with E-state index < -0.39 is 6.10 Å². The van der Waals surface area contributed by atoms with E-state index in [2.05, 4.69) is 10.6 Å². The molecule has 0 bridgehead atoms.